The Kier molecular flexibility index (Phi) is 2.97. The van der Waals surface area contributed by atoms with Gasteiger partial charge in [0.2, 0.25) is 6.41 Å². The van der Waals surface area contributed by atoms with Gasteiger partial charge in [-0.3, -0.25) is 4.79 Å². The topological polar surface area (TPSA) is 55.4 Å². The molecule has 0 aliphatic rings. The molecule has 0 aromatic heterocycles. The monoisotopic (exact) mass is 183 g/mol. The van der Waals surface area contributed by atoms with E-state index in [1.165, 1.54) is 24.3 Å². The van der Waals surface area contributed by atoms with E-state index in [0.717, 1.165) is 0 Å². The summed E-state index contributed by atoms with van der Waals surface area (Å²) >= 11 is 0. The molecule has 1 aromatic carbocycles. The molecule has 1 rings (SSSR count). The lowest BCUT2D eigenvalue weighted by atomic mass is 10.2. The molecule has 0 unspecified atom stereocenters. The maximum Gasteiger partial charge on any atom is 0.379 e. The van der Waals surface area contributed by atoms with Crippen molar-refractivity contribution in [2.24, 2.45) is 0 Å². The highest BCUT2D eigenvalue weighted by Gasteiger charge is 2.06. The van der Waals surface area contributed by atoms with E-state index >= 15 is 0 Å². The molecular weight excluding hydrogens is 177 g/mol. The Balaban J connectivity index is 2.80. The SMILES string of the molecule is O=CNc1ccc(C(=O)OF)cc1. The van der Waals surface area contributed by atoms with Crippen molar-refractivity contribution < 1.29 is 19.1 Å². The lowest BCUT2D eigenvalue weighted by Crippen LogP contribution is -1.99. The minimum absolute atomic E-state index is 0.0824. The van der Waals surface area contributed by atoms with Crippen molar-refractivity contribution >= 4 is 18.1 Å². The third-order valence-corrected chi connectivity index (χ3v) is 1.42. The second-order valence-electron chi connectivity index (χ2n) is 2.20. The Labute approximate surface area is 73.2 Å². The van der Waals surface area contributed by atoms with Gasteiger partial charge >= 0.3 is 5.97 Å². The number of hydrogen-bond donors (Lipinski definition) is 1. The molecule has 0 aliphatic carbocycles. The number of hydrogen-bond acceptors (Lipinski definition) is 3. The molecule has 68 valence electrons. The average Bonchev–Trinajstić information content (AvgIpc) is 2.18. The molecular formula is C8H6FNO3. The zero-order valence-corrected chi connectivity index (χ0v) is 6.49. The fraction of sp³-hybridized carbons (Fsp3) is 0. The Hall–Kier alpha value is -1.91. The smallest absolute Gasteiger partial charge is 0.329 e. The third kappa shape index (κ3) is 2.26. The second-order valence-corrected chi connectivity index (χ2v) is 2.20. The summed E-state index contributed by atoms with van der Waals surface area (Å²) in [5.41, 5.74) is 0.601. The molecule has 0 saturated carbocycles. The Bertz CT molecular complexity index is 310. The van der Waals surface area contributed by atoms with Crippen LogP contribution in [-0.2, 0) is 9.74 Å². The summed E-state index contributed by atoms with van der Waals surface area (Å²) in [5.74, 6) is -1.06. The van der Waals surface area contributed by atoms with Crippen LogP contribution in [0.3, 0.4) is 0 Å². The van der Waals surface area contributed by atoms with E-state index in [1.54, 1.807) is 0 Å². The van der Waals surface area contributed by atoms with Crippen molar-refractivity contribution in [3.63, 3.8) is 0 Å². The molecule has 0 bridgehead atoms. The van der Waals surface area contributed by atoms with Gasteiger partial charge in [0, 0.05) is 10.2 Å². The Morgan fingerprint density at radius 1 is 1.38 bits per heavy atom. The van der Waals surface area contributed by atoms with E-state index in [2.05, 4.69) is 10.3 Å². The van der Waals surface area contributed by atoms with Gasteiger partial charge in [0.15, 0.2) is 0 Å². The van der Waals surface area contributed by atoms with E-state index in [1.807, 2.05) is 0 Å². The van der Waals surface area contributed by atoms with Crippen LogP contribution in [0.15, 0.2) is 24.3 Å². The summed E-state index contributed by atoms with van der Waals surface area (Å²) in [6.07, 6.45) is 0.502. The molecule has 1 amide bonds. The quantitative estimate of drug-likeness (QED) is 0.718. The molecule has 5 heteroatoms. The number of halogens is 1. The van der Waals surface area contributed by atoms with Crippen molar-refractivity contribution in [2.45, 2.75) is 0 Å². The lowest BCUT2D eigenvalue weighted by molar-refractivity contribution is -0.105. The fourth-order valence-corrected chi connectivity index (χ4v) is 0.815. The van der Waals surface area contributed by atoms with Crippen molar-refractivity contribution in [1.82, 2.24) is 0 Å². The standard InChI is InChI=1S/C8H6FNO3/c9-13-8(12)6-1-3-7(4-2-6)10-5-11/h1-5H,(H,10,11). The van der Waals surface area contributed by atoms with Crippen molar-refractivity contribution in [1.29, 1.82) is 0 Å². The van der Waals surface area contributed by atoms with Crippen LogP contribution in [0.4, 0.5) is 10.2 Å². The maximum absolute atomic E-state index is 11.4. The van der Waals surface area contributed by atoms with Gasteiger partial charge in [-0.2, -0.15) is 0 Å². The average molecular weight is 183 g/mol. The van der Waals surface area contributed by atoms with Gasteiger partial charge in [0.1, 0.15) is 0 Å². The van der Waals surface area contributed by atoms with Gasteiger partial charge < -0.3 is 5.32 Å². The van der Waals surface area contributed by atoms with Crippen LogP contribution in [0.25, 0.3) is 0 Å². The summed E-state index contributed by atoms with van der Waals surface area (Å²) in [6.45, 7) is 0. The molecule has 0 saturated heterocycles. The number of anilines is 1. The van der Waals surface area contributed by atoms with Gasteiger partial charge in [0.25, 0.3) is 0 Å². The molecule has 0 fully saturated rings. The summed E-state index contributed by atoms with van der Waals surface area (Å²) in [7, 11) is 0. The molecule has 0 atom stereocenters. The summed E-state index contributed by atoms with van der Waals surface area (Å²) in [4.78, 5) is 23.6. The molecule has 0 heterocycles. The van der Waals surface area contributed by atoms with Gasteiger partial charge in [-0.25, -0.2) is 9.74 Å². The van der Waals surface area contributed by atoms with Gasteiger partial charge in [-0.15, -0.1) is 0 Å². The molecule has 1 N–H and O–H groups in total. The van der Waals surface area contributed by atoms with Gasteiger partial charge in [-0.05, 0) is 24.3 Å². The zero-order chi connectivity index (χ0) is 9.68. The first-order valence-corrected chi connectivity index (χ1v) is 3.41. The highest BCUT2D eigenvalue weighted by Crippen LogP contribution is 2.09. The molecule has 4 nitrogen and oxygen atoms in total. The van der Waals surface area contributed by atoms with E-state index in [9.17, 15) is 14.1 Å². The zero-order valence-electron chi connectivity index (χ0n) is 6.49. The number of carbonyl (C=O) groups is 2. The first-order valence-electron chi connectivity index (χ1n) is 3.41. The van der Waals surface area contributed by atoms with E-state index in [0.29, 0.717) is 12.1 Å². The number of benzene rings is 1. The van der Waals surface area contributed by atoms with Crippen LogP contribution < -0.4 is 5.32 Å². The van der Waals surface area contributed by atoms with Crippen LogP contribution in [0.5, 0.6) is 0 Å². The van der Waals surface area contributed by atoms with Crippen molar-refractivity contribution in [3.05, 3.63) is 29.8 Å². The van der Waals surface area contributed by atoms with Crippen LogP contribution in [0, 0.1) is 0 Å². The Morgan fingerprint density at radius 3 is 2.46 bits per heavy atom. The molecule has 0 aliphatic heterocycles. The third-order valence-electron chi connectivity index (χ3n) is 1.42. The summed E-state index contributed by atoms with van der Waals surface area (Å²) < 4.78 is 11.4. The van der Waals surface area contributed by atoms with Crippen LogP contribution in [0.2, 0.25) is 0 Å². The molecule has 0 spiro atoms. The highest BCUT2D eigenvalue weighted by atomic mass is 19.3. The van der Waals surface area contributed by atoms with Crippen LogP contribution in [-0.4, -0.2) is 12.4 Å². The normalized spacial score (nSPS) is 9.00. The number of amides is 1. The Morgan fingerprint density at radius 2 is 2.00 bits per heavy atom. The molecule has 13 heavy (non-hydrogen) atoms. The van der Waals surface area contributed by atoms with E-state index in [4.69, 9.17) is 0 Å². The molecule has 1 aromatic rings. The fourth-order valence-electron chi connectivity index (χ4n) is 0.815. The predicted octanol–water partition coefficient (Wildman–Crippen LogP) is 1.30. The van der Waals surface area contributed by atoms with Crippen molar-refractivity contribution in [3.8, 4) is 0 Å². The lowest BCUT2D eigenvalue weighted by Gasteiger charge is -1.98. The predicted molar refractivity (Wildman–Crippen MR) is 42.7 cm³/mol. The van der Waals surface area contributed by atoms with Crippen molar-refractivity contribution in [2.75, 3.05) is 5.32 Å². The first-order chi connectivity index (χ1) is 6.27. The summed E-state index contributed by atoms with van der Waals surface area (Å²) in [6, 6.07) is 5.60. The molecule has 0 radical (unpaired) electrons. The largest absolute Gasteiger partial charge is 0.379 e. The van der Waals surface area contributed by atoms with E-state index < -0.39 is 5.97 Å². The second kappa shape index (κ2) is 4.20. The first kappa shape index (κ1) is 9.18. The highest BCUT2D eigenvalue weighted by molar-refractivity contribution is 5.89. The number of carbonyl (C=O) groups excluding carboxylic acids is 2. The minimum Gasteiger partial charge on any atom is -0.329 e. The van der Waals surface area contributed by atoms with Crippen LogP contribution >= 0.6 is 0 Å². The maximum atomic E-state index is 11.4. The number of rotatable bonds is 3. The number of nitrogens with one attached hydrogen (secondary N) is 1. The summed E-state index contributed by atoms with van der Waals surface area (Å²) in [5, 5.41) is 2.37. The van der Waals surface area contributed by atoms with Crippen LogP contribution in [0.1, 0.15) is 10.4 Å². The minimum atomic E-state index is -1.06. The van der Waals surface area contributed by atoms with E-state index in [-0.39, 0.29) is 5.56 Å². The van der Waals surface area contributed by atoms with Gasteiger partial charge in [0.05, 0.1) is 5.56 Å². The van der Waals surface area contributed by atoms with Gasteiger partial charge in [-0.1, -0.05) is 0 Å².